The normalized spacial score (nSPS) is 17.9. The molecule has 55 heavy (non-hydrogen) atoms. The van der Waals surface area contributed by atoms with Gasteiger partial charge >= 0.3 is 16.8 Å². The summed E-state index contributed by atoms with van der Waals surface area (Å²) in [6.07, 6.45) is 5.54. The summed E-state index contributed by atoms with van der Waals surface area (Å²) in [6.45, 7) is 8.65. The van der Waals surface area contributed by atoms with Gasteiger partial charge in [0.15, 0.2) is 0 Å². The molecule has 2 atom stereocenters. The molecule has 7 heteroatoms. The first-order valence-corrected chi connectivity index (χ1v) is 21.4. The fourth-order valence-electron chi connectivity index (χ4n) is 7.97. The Bertz CT molecular complexity index is 1880. The Hall–Kier alpha value is -2.81. The Labute approximate surface area is 354 Å². The van der Waals surface area contributed by atoms with Gasteiger partial charge < -0.3 is 36.3 Å². The van der Waals surface area contributed by atoms with E-state index in [9.17, 15) is 0 Å². The fourth-order valence-corrected chi connectivity index (χ4v) is 12.8. The molecular formula is C48H52Cl2CoN2P2. The first-order valence-electron chi connectivity index (χ1n) is 18.7. The van der Waals surface area contributed by atoms with Crippen molar-refractivity contribution in [1.29, 1.82) is 0 Å². The molecule has 1 fully saturated rings. The van der Waals surface area contributed by atoms with Crippen molar-refractivity contribution in [3.8, 4) is 0 Å². The number of benzene rings is 6. The minimum atomic E-state index is -0.784. The summed E-state index contributed by atoms with van der Waals surface area (Å²) >= 11 is 0. The van der Waals surface area contributed by atoms with E-state index >= 15 is 0 Å². The van der Waals surface area contributed by atoms with Crippen LogP contribution in [0.25, 0.3) is 0 Å². The Morgan fingerprint density at radius 3 is 0.945 bits per heavy atom. The molecule has 6 aromatic carbocycles. The van der Waals surface area contributed by atoms with Crippen molar-refractivity contribution in [1.82, 2.24) is 0 Å². The molecule has 0 spiro atoms. The number of aryl methyl sites for hydroxylation is 4. The molecule has 6 aromatic rings. The van der Waals surface area contributed by atoms with Crippen molar-refractivity contribution in [2.75, 3.05) is 0 Å². The quantitative estimate of drug-likeness (QED) is 0.208. The Morgan fingerprint density at radius 2 is 0.673 bits per heavy atom. The predicted octanol–water partition coefficient (Wildman–Crippen LogP) is 2.20. The molecule has 1 saturated carbocycles. The minimum absolute atomic E-state index is 0. The maximum absolute atomic E-state index is 7.77. The zero-order valence-electron chi connectivity index (χ0n) is 32.2. The van der Waals surface area contributed by atoms with E-state index in [0.717, 1.165) is 38.5 Å². The van der Waals surface area contributed by atoms with Crippen LogP contribution in [0, 0.1) is 27.7 Å². The third-order valence-electron chi connectivity index (χ3n) is 11.1. The summed E-state index contributed by atoms with van der Waals surface area (Å²) in [5.41, 5.74) is 22.2. The van der Waals surface area contributed by atoms with Gasteiger partial charge in [0.05, 0.1) is 0 Å². The van der Waals surface area contributed by atoms with E-state index in [1.807, 2.05) is 0 Å². The monoisotopic (exact) mass is 847 g/mol. The van der Waals surface area contributed by atoms with Gasteiger partial charge in [0.1, 0.15) is 0 Å². The van der Waals surface area contributed by atoms with Crippen molar-refractivity contribution in [2.45, 2.75) is 77.3 Å². The number of nitrogens with two attached hydrogens (primary N) is 2. The Morgan fingerprint density at radius 1 is 0.418 bits per heavy atom. The van der Waals surface area contributed by atoms with Gasteiger partial charge in [0.2, 0.25) is 0 Å². The van der Waals surface area contributed by atoms with Crippen LogP contribution in [0.1, 0.15) is 59.1 Å². The molecule has 0 aliphatic heterocycles. The summed E-state index contributed by atoms with van der Waals surface area (Å²) in [4.78, 5) is 0. The van der Waals surface area contributed by atoms with E-state index in [4.69, 9.17) is 11.5 Å². The molecule has 0 heterocycles. The number of hydrogen-bond donors (Lipinski definition) is 2. The smallest absolute Gasteiger partial charge is 1.00 e. The van der Waals surface area contributed by atoms with Crippen LogP contribution in [-0.2, 0) is 29.6 Å². The second kappa shape index (κ2) is 19.6. The fraction of sp³-hybridized carbons (Fsp3) is 0.250. The van der Waals surface area contributed by atoms with Crippen LogP contribution in [0.4, 0.5) is 0 Å². The topological polar surface area (TPSA) is 52.0 Å². The summed E-state index contributed by atoms with van der Waals surface area (Å²) in [5, 5.41) is 8.21. The molecule has 1 aliphatic rings. The molecule has 0 bridgehead atoms. The maximum atomic E-state index is 7.77. The van der Waals surface area contributed by atoms with Crippen LogP contribution in [0.2, 0.25) is 0 Å². The first kappa shape index (κ1) is 44.9. The van der Waals surface area contributed by atoms with Crippen molar-refractivity contribution >= 4 is 47.7 Å². The molecule has 2 unspecified atom stereocenters. The van der Waals surface area contributed by atoms with Gasteiger partial charge in [-0.15, -0.1) is 0 Å². The third-order valence-corrected chi connectivity index (χ3v) is 16.2. The van der Waals surface area contributed by atoms with E-state index in [0.29, 0.717) is 0 Å². The second-order valence-electron chi connectivity index (χ2n) is 15.1. The van der Waals surface area contributed by atoms with Gasteiger partial charge in [-0.25, -0.2) is 0 Å². The van der Waals surface area contributed by atoms with Crippen molar-refractivity contribution < 1.29 is 41.6 Å². The molecule has 0 saturated heterocycles. The van der Waals surface area contributed by atoms with Gasteiger partial charge in [0.25, 0.3) is 0 Å². The van der Waals surface area contributed by atoms with E-state index in [1.165, 1.54) is 65.2 Å². The molecule has 0 amide bonds. The van der Waals surface area contributed by atoms with Crippen LogP contribution in [-0.4, -0.2) is 11.1 Å². The van der Waals surface area contributed by atoms with Gasteiger partial charge in [-0.2, -0.15) is 0 Å². The molecular weight excluding hydrogens is 796 g/mol. The second-order valence-corrected chi connectivity index (χ2v) is 19.5. The zero-order chi connectivity index (χ0) is 36.3. The van der Waals surface area contributed by atoms with Gasteiger partial charge in [-0.3, -0.25) is 0 Å². The predicted molar refractivity (Wildman–Crippen MR) is 229 cm³/mol. The number of halogens is 2. The van der Waals surface area contributed by atoms with E-state index < -0.39 is 26.9 Å². The van der Waals surface area contributed by atoms with Crippen LogP contribution in [0.5, 0.6) is 0 Å². The maximum Gasteiger partial charge on any atom is 2.00 e. The molecule has 287 valence electrons. The molecule has 2 nitrogen and oxygen atoms in total. The molecule has 0 aromatic heterocycles. The van der Waals surface area contributed by atoms with Crippen LogP contribution < -0.4 is 68.1 Å². The SMILES string of the molecule is Cc1ccc(P(c2ccc(C)cc2)c2ccccc2CC2(N)CCCCC2(N)Cc2ccccc2P(c2ccc(C)cc2)c2ccc(C)cc2)cc1.[Cl-].[Cl-].[Co+2]. The summed E-state index contributed by atoms with van der Waals surface area (Å²) < 4.78 is 0. The average Bonchev–Trinajstić information content (AvgIpc) is 3.14. The van der Waals surface area contributed by atoms with Crippen LogP contribution in [0.3, 0.4) is 0 Å². The van der Waals surface area contributed by atoms with E-state index in [-0.39, 0.29) is 41.6 Å². The first-order chi connectivity index (χ1) is 25.1. The summed E-state index contributed by atoms with van der Waals surface area (Å²) in [6, 6.07) is 54.6. The Balaban J connectivity index is 0.00000224. The van der Waals surface area contributed by atoms with Crippen molar-refractivity contribution in [3.05, 3.63) is 179 Å². The number of rotatable bonds is 10. The molecule has 7 rings (SSSR count). The Kier molecular flexibility index (Phi) is 16.0. The van der Waals surface area contributed by atoms with Gasteiger partial charge in [0, 0.05) is 11.1 Å². The van der Waals surface area contributed by atoms with Crippen LogP contribution >= 0.6 is 15.8 Å². The minimum Gasteiger partial charge on any atom is -1.00 e. The molecule has 4 N–H and O–H groups in total. The van der Waals surface area contributed by atoms with Crippen molar-refractivity contribution in [3.63, 3.8) is 0 Å². The zero-order valence-corrected chi connectivity index (χ0v) is 36.6. The molecule has 1 aliphatic carbocycles. The van der Waals surface area contributed by atoms with Crippen molar-refractivity contribution in [2.24, 2.45) is 11.5 Å². The van der Waals surface area contributed by atoms with Gasteiger partial charge in [-0.05, 0) is 112 Å². The number of hydrogen-bond acceptors (Lipinski definition) is 2. The van der Waals surface area contributed by atoms with Gasteiger partial charge in [-0.1, -0.05) is 181 Å². The third kappa shape index (κ3) is 10.0. The standard InChI is InChI=1S/C48H52N2P2.2ClH.Co/c1-35-15-23-41(24-16-35)51(42-25-17-36(2)18-26-42)45-13-7-5-11-39(45)33-47(49)31-9-10-32-48(47,50)34-40-12-6-8-14-46(40)52(43-27-19-37(3)20-28-43)44-29-21-38(4)22-30-44;;;/h5-8,11-30H,9-10,31-34,49-50H2,1-4H3;2*1H;/q;;;+2/p-2. The molecule has 1 radical (unpaired) electrons. The summed E-state index contributed by atoms with van der Waals surface area (Å²) in [5.74, 6) is 0. The summed E-state index contributed by atoms with van der Waals surface area (Å²) in [7, 11) is -1.57. The average molecular weight is 849 g/mol. The van der Waals surface area contributed by atoms with E-state index in [1.54, 1.807) is 0 Å². The largest absolute Gasteiger partial charge is 2.00 e. The van der Waals surface area contributed by atoms with Crippen LogP contribution in [0.15, 0.2) is 146 Å². The van der Waals surface area contributed by atoms with E-state index in [2.05, 4.69) is 173 Å².